The summed E-state index contributed by atoms with van der Waals surface area (Å²) in [5, 5.41) is 30.4. The van der Waals surface area contributed by atoms with Gasteiger partial charge in [-0.25, -0.2) is 0 Å². The highest BCUT2D eigenvalue weighted by molar-refractivity contribution is 7.26. The van der Waals surface area contributed by atoms with Crippen LogP contribution in [0.4, 0.5) is 0 Å². The molecule has 0 aliphatic carbocycles. The van der Waals surface area contributed by atoms with Gasteiger partial charge < -0.3 is 15.3 Å². The monoisotopic (exact) mass is 246 g/mol. The molecule has 0 atom stereocenters. The minimum absolute atomic E-state index is 0.120. The molecule has 17 heavy (non-hydrogen) atoms. The topological polar surface area (TPSA) is 60.7 Å². The number of phenols is 3. The standard InChI is InChI=1S/C13H10O3S/c1-6-2-7(14)3-9-8-4-10(15)11(16)5-12(8)17-13(6)9/h2-5,14-16H,1H3. The molecule has 0 fully saturated rings. The maximum absolute atomic E-state index is 9.61. The number of hydrogen-bond donors (Lipinski definition) is 3. The molecule has 0 saturated carbocycles. The molecule has 0 radical (unpaired) electrons. The van der Waals surface area contributed by atoms with Gasteiger partial charge in [0.2, 0.25) is 0 Å². The van der Waals surface area contributed by atoms with Crippen LogP contribution >= 0.6 is 11.3 Å². The molecule has 0 amide bonds. The molecule has 3 aromatic rings. The predicted octanol–water partition coefficient (Wildman–Crippen LogP) is 3.48. The summed E-state index contributed by atoms with van der Waals surface area (Å²) in [4.78, 5) is 0. The predicted molar refractivity (Wildman–Crippen MR) is 69.1 cm³/mol. The Balaban J connectivity index is 2.55. The molecule has 0 bridgehead atoms. The Morgan fingerprint density at radius 2 is 1.59 bits per heavy atom. The zero-order valence-electron chi connectivity index (χ0n) is 9.06. The van der Waals surface area contributed by atoms with Gasteiger partial charge in [-0.3, -0.25) is 0 Å². The van der Waals surface area contributed by atoms with E-state index in [1.165, 1.54) is 17.4 Å². The molecular formula is C13H10O3S. The maximum atomic E-state index is 9.61. The molecule has 4 heteroatoms. The highest BCUT2D eigenvalue weighted by atomic mass is 32.1. The van der Waals surface area contributed by atoms with Crippen molar-refractivity contribution in [1.29, 1.82) is 0 Å². The van der Waals surface area contributed by atoms with Crippen LogP contribution in [0, 0.1) is 6.92 Å². The van der Waals surface area contributed by atoms with Gasteiger partial charge in [-0.2, -0.15) is 0 Å². The van der Waals surface area contributed by atoms with E-state index in [9.17, 15) is 15.3 Å². The number of rotatable bonds is 0. The zero-order valence-corrected chi connectivity index (χ0v) is 9.88. The van der Waals surface area contributed by atoms with Gasteiger partial charge in [0.1, 0.15) is 5.75 Å². The van der Waals surface area contributed by atoms with Crippen LogP contribution in [0.5, 0.6) is 17.2 Å². The Labute approximate surface area is 101 Å². The van der Waals surface area contributed by atoms with Gasteiger partial charge in [-0.1, -0.05) is 0 Å². The number of aryl methyl sites for hydroxylation is 1. The van der Waals surface area contributed by atoms with Crippen molar-refractivity contribution in [2.45, 2.75) is 6.92 Å². The Morgan fingerprint density at radius 1 is 0.882 bits per heavy atom. The second-order valence-corrected chi connectivity index (χ2v) is 5.13. The Kier molecular flexibility index (Phi) is 1.97. The van der Waals surface area contributed by atoms with Crippen LogP contribution in [-0.4, -0.2) is 15.3 Å². The summed E-state index contributed by atoms with van der Waals surface area (Å²) in [7, 11) is 0. The minimum atomic E-state index is -0.141. The smallest absolute Gasteiger partial charge is 0.158 e. The Hall–Kier alpha value is -1.94. The van der Waals surface area contributed by atoms with Gasteiger partial charge in [0.15, 0.2) is 11.5 Å². The van der Waals surface area contributed by atoms with Gasteiger partial charge in [0, 0.05) is 26.2 Å². The summed E-state index contributed by atoms with van der Waals surface area (Å²) in [6.45, 7) is 1.93. The van der Waals surface area contributed by atoms with E-state index in [1.807, 2.05) is 6.92 Å². The first-order chi connectivity index (χ1) is 8.06. The Morgan fingerprint density at radius 3 is 2.35 bits per heavy atom. The summed E-state index contributed by atoms with van der Waals surface area (Å²) in [6.07, 6.45) is 0. The highest BCUT2D eigenvalue weighted by Gasteiger charge is 2.11. The second kappa shape index (κ2) is 3.28. The fourth-order valence-corrected chi connectivity index (χ4v) is 3.22. The van der Waals surface area contributed by atoms with Crippen molar-refractivity contribution in [2.75, 3.05) is 0 Å². The molecule has 1 aromatic heterocycles. The molecule has 1 heterocycles. The average Bonchev–Trinajstić information content (AvgIpc) is 2.58. The lowest BCUT2D eigenvalue weighted by Gasteiger charge is -1.99. The minimum Gasteiger partial charge on any atom is -0.508 e. The first-order valence-electron chi connectivity index (χ1n) is 5.14. The lowest BCUT2D eigenvalue weighted by atomic mass is 10.1. The van der Waals surface area contributed by atoms with Gasteiger partial charge in [-0.15, -0.1) is 11.3 Å². The van der Waals surface area contributed by atoms with Crippen molar-refractivity contribution in [3.8, 4) is 17.2 Å². The largest absolute Gasteiger partial charge is 0.508 e. The summed E-state index contributed by atoms with van der Waals surface area (Å²) >= 11 is 1.54. The molecule has 3 nitrogen and oxygen atoms in total. The lowest BCUT2D eigenvalue weighted by Crippen LogP contribution is -1.73. The number of aromatic hydroxyl groups is 3. The summed E-state index contributed by atoms with van der Waals surface area (Å²) < 4.78 is 1.95. The van der Waals surface area contributed by atoms with Crippen molar-refractivity contribution in [3.05, 3.63) is 29.8 Å². The van der Waals surface area contributed by atoms with Gasteiger partial charge in [-0.05, 0) is 30.7 Å². The third-order valence-electron chi connectivity index (χ3n) is 2.84. The molecule has 0 spiro atoms. The molecular weight excluding hydrogens is 236 g/mol. The van der Waals surface area contributed by atoms with Crippen molar-refractivity contribution < 1.29 is 15.3 Å². The molecule has 2 aromatic carbocycles. The first-order valence-corrected chi connectivity index (χ1v) is 5.95. The molecule has 3 N–H and O–H groups in total. The summed E-state index contributed by atoms with van der Waals surface area (Å²) in [5.74, 6) is -0.0496. The van der Waals surface area contributed by atoms with Gasteiger partial charge in [0.05, 0.1) is 0 Å². The molecule has 0 saturated heterocycles. The van der Waals surface area contributed by atoms with Crippen molar-refractivity contribution in [2.24, 2.45) is 0 Å². The number of benzene rings is 2. The molecule has 0 aliphatic rings. The molecule has 86 valence electrons. The SMILES string of the molecule is Cc1cc(O)cc2c1sc1cc(O)c(O)cc12. The van der Waals surface area contributed by atoms with E-state index in [2.05, 4.69) is 0 Å². The second-order valence-electron chi connectivity index (χ2n) is 4.08. The lowest BCUT2D eigenvalue weighted by molar-refractivity contribution is 0.405. The van der Waals surface area contributed by atoms with Crippen LogP contribution in [-0.2, 0) is 0 Å². The van der Waals surface area contributed by atoms with Crippen LogP contribution in [0.1, 0.15) is 5.56 Å². The van der Waals surface area contributed by atoms with Crippen LogP contribution in [0.15, 0.2) is 24.3 Å². The third kappa shape index (κ3) is 1.41. The van der Waals surface area contributed by atoms with E-state index < -0.39 is 0 Å². The fourth-order valence-electron chi connectivity index (χ4n) is 2.05. The van der Waals surface area contributed by atoms with Crippen LogP contribution in [0.2, 0.25) is 0 Å². The molecule has 0 aliphatic heterocycles. The van der Waals surface area contributed by atoms with E-state index in [-0.39, 0.29) is 17.2 Å². The van der Waals surface area contributed by atoms with E-state index >= 15 is 0 Å². The van der Waals surface area contributed by atoms with Crippen molar-refractivity contribution in [3.63, 3.8) is 0 Å². The van der Waals surface area contributed by atoms with Crippen LogP contribution in [0.25, 0.3) is 20.2 Å². The molecule has 0 unspecified atom stereocenters. The first kappa shape index (κ1) is 10.2. The fraction of sp³-hybridized carbons (Fsp3) is 0.0769. The number of fused-ring (bicyclic) bond motifs is 3. The third-order valence-corrected chi connectivity index (χ3v) is 4.14. The van der Waals surface area contributed by atoms with Crippen molar-refractivity contribution >= 4 is 31.5 Å². The van der Waals surface area contributed by atoms with E-state index in [4.69, 9.17) is 0 Å². The molecule has 3 rings (SSSR count). The quantitative estimate of drug-likeness (QED) is 0.532. The van der Waals surface area contributed by atoms with E-state index in [0.717, 1.165) is 25.7 Å². The summed E-state index contributed by atoms with van der Waals surface area (Å²) in [6, 6.07) is 6.46. The zero-order chi connectivity index (χ0) is 12.2. The maximum Gasteiger partial charge on any atom is 0.158 e. The average molecular weight is 246 g/mol. The van der Waals surface area contributed by atoms with Gasteiger partial charge in [0.25, 0.3) is 0 Å². The van der Waals surface area contributed by atoms with E-state index in [1.54, 1.807) is 18.2 Å². The normalized spacial score (nSPS) is 11.4. The van der Waals surface area contributed by atoms with Gasteiger partial charge >= 0.3 is 0 Å². The number of thiophene rings is 1. The highest BCUT2D eigenvalue weighted by Crippen LogP contribution is 2.42. The van der Waals surface area contributed by atoms with Crippen LogP contribution < -0.4 is 0 Å². The Bertz CT molecular complexity index is 743. The summed E-state index contributed by atoms with van der Waals surface area (Å²) in [5.41, 5.74) is 0.986. The number of phenolic OH excluding ortho intramolecular Hbond substituents is 3. The van der Waals surface area contributed by atoms with Crippen LogP contribution in [0.3, 0.4) is 0 Å². The number of hydrogen-bond acceptors (Lipinski definition) is 4. The van der Waals surface area contributed by atoms with E-state index in [0.29, 0.717) is 0 Å². The van der Waals surface area contributed by atoms with Crippen molar-refractivity contribution in [1.82, 2.24) is 0 Å².